The monoisotopic (exact) mass is 261 g/mol. The van der Waals surface area contributed by atoms with Crippen molar-refractivity contribution in [2.45, 2.75) is 58.0 Å². The third-order valence-corrected chi connectivity index (χ3v) is 4.69. The predicted octanol–water partition coefficient (Wildman–Crippen LogP) is 3.72. The molecule has 0 saturated heterocycles. The van der Waals surface area contributed by atoms with Crippen LogP contribution >= 0.6 is 0 Å². The Morgan fingerprint density at radius 2 is 1.79 bits per heavy atom. The van der Waals surface area contributed by atoms with Gasteiger partial charge in [-0.25, -0.2) is 0 Å². The molecule has 1 aromatic rings. The fraction of sp³-hybridized carbons (Fsp3) is 0.647. The Kier molecular flexibility index (Phi) is 5.00. The van der Waals surface area contributed by atoms with E-state index in [-0.39, 0.29) is 5.41 Å². The van der Waals surface area contributed by atoms with E-state index in [4.69, 9.17) is 5.73 Å². The molecule has 1 aliphatic rings. The summed E-state index contributed by atoms with van der Waals surface area (Å²) < 4.78 is 0. The molecule has 1 aliphatic carbocycles. The molecule has 2 rings (SSSR count). The summed E-state index contributed by atoms with van der Waals surface area (Å²) in [4.78, 5) is 0. The Balaban J connectivity index is 2.22. The van der Waals surface area contributed by atoms with Gasteiger partial charge in [-0.15, -0.1) is 0 Å². The molecule has 0 aliphatic heterocycles. The standard InChI is InChI=1S/C17H27NO/c1-14-8-7-9-15(12-14)16(19)17(13-18)10-5-3-2-4-6-11-17/h7-9,12,16,19H,2-6,10-11,13,18H2,1H3. The van der Waals surface area contributed by atoms with E-state index in [1.54, 1.807) is 0 Å². The predicted molar refractivity (Wildman–Crippen MR) is 79.9 cm³/mol. The van der Waals surface area contributed by atoms with Gasteiger partial charge < -0.3 is 10.8 Å². The summed E-state index contributed by atoms with van der Waals surface area (Å²) in [6, 6.07) is 8.24. The molecule has 0 radical (unpaired) electrons. The summed E-state index contributed by atoms with van der Waals surface area (Å²) >= 11 is 0. The lowest BCUT2D eigenvalue weighted by Crippen LogP contribution is -2.37. The zero-order valence-corrected chi connectivity index (χ0v) is 12.1. The topological polar surface area (TPSA) is 46.2 Å². The van der Waals surface area contributed by atoms with Gasteiger partial charge in [0.25, 0.3) is 0 Å². The third kappa shape index (κ3) is 3.37. The smallest absolute Gasteiger partial charge is 0.0858 e. The first-order chi connectivity index (χ1) is 9.18. The highest BCUT2D eigenvalue weighted by Crippen LogP contribution is 2.43. The number of nitrogens with two attached hydrogens (primary N) is 1. The van der Waals surface area contributed by atoms with Crippen LogP contribution in [0.2, 0.25) is 0 Å². The Hall–Kier alpha value is -0.860. The molecule has 3 N–H and O–H groups in total. The van der Waals surface area contributed by atoms with Gasteiger partial charge in [0.05, 0.1) is 6.10 Å². The number of hydrogen-bond acceptors (Lipinski definition) is 2. The first-order valence-corrected chi connectivity index (χ1v) is 7.63. The molecule has 1 atom stereocenters. The third-order valence-electron chi connectivity index (χ3n) is 4.69. The molecule has 1 saturated carbocycles. The van der Waals surface area contributed by atoms with Gasteiger partial charge in [-0.1, -0.05) is 61.9 Å². The van der Waals surface area contributed by atoms with Crippen molar-refractivity contribution in [2.24, 2.45) is 11.1 Å². The van der Waals surface area contributed by atoms with Gasteiger partial charge in [-0.3, -0.25) is 0 Å². The highest BCUT2D eigenvalue weighted by atomic mass is 16.3. The van der Waals surface area contributed by atoms with Gasteiger partial charge >= 0.3 is 0 Å². The molecule has 0 spiro atoms. The molecular weight excluding hydrogens is 234 g/mol. The molecule has 0 amide bonds. The lowest BCUT2D eigenvalue weighted by atomic mass is 9.70. The van der Waals surface area contributed by atoms with E-state index in [1.807, 2.05) is 12.1 Å². The highest BCUT2D eigenvalue weighted by molar-refractivity contribution is 5.25. The number of hydrogen-bond donors (Lipinski definition) is 2. The van der Waals surface area contributed by atoms with Crippen LogP contribution in [0.25, 0.3) is 0 Å². The molecule has 0 aromatic heterocycles. The van der Waals surface area contributed by atoms with Gasteiger partial charge in [-0.05, 0) is 25.3 Å². The summed E-state index contributed by atoms with van der Waals surface area (Å²) in [6.07, 6.45) is 7.97. The number of aliphatic hydroxyl groups is 1. The van der Waals surface area contributed by atoms with Crippen LogP contribution in [-0.2, 0) is 0 Å². The summed E-state index contributed by atoms with van der Waals surface area (Å²) in [5.41, 5.74) is 8.19. The van der Waals surface area contributed by atoms with Crippen molar-refractivity contribution in [2.75, 3.05) is 6.54 Å². The van der Waals surface area contributed by atoms with Crippen LogP contribution in [0, 0.1) is 12.3 Å². The normalized spacial score (nSPS) is 21.4. The molecule has 2 heteroatoms. The van der Waals surface area contributed by atoms with E-state index in [1.165, 1.54) is 37.7 Å². The van der Waals surface area contributed by atoms with Crippen LogP contribution in [0.5, 0.6) is 0 Å². The summed E-state index contributed by atoms with van der Waals surface area (Å²) in [6.45, 7) is 2.66. The average molecular weight is 261 g/mol. The second-order valence-corrected chi connectivity index (χ2v) is 6.15. The number of benzene rings is 1. The van der Waals surface area contributed by atoms with E-state index in [2.05, 4.69) is 19.1 Å². The van der Waals surface area contributed by atoms with Gasteiger partial charge in [0, 0.05) is 12.0 Å². The minimum atomic E-state index is -0.421. The summed E-state index contributed by atoms with van der Waals surface area (Å²) in [7, 11) is 0. The van der Waals surface area contributed by atoms with Crippen LogP contribution in [0.1, 0.15) is 62.2 Å². The maximum atomic E-state index is 10.9. The van der Waals surface area contributed by atoms with Gasteiger partial charge in [0.15, 0.2) is 0 Å². The second-order valence-electron chi connectivity index (χ2n) is 6.15. The Bertz CT molecular complexity index is 394. The van der Waals surface area contributed by atoms with Crippen LogP contribution < -0.4 is 5.73 Å². The fourth-order valence-corrected chi connectivity index (χ4v) is 3.39. The molecule has 2 nitrogen and oxygen atoms in total. The second kappa shape index (κ2) is 6.53. The summed E-state index contributed by atoms with van der Waals surface area (Å²) in [5, 5.41) is 10.9. The Labute approximate surface area is 117 Å². The molecule has 1 aromatic carbocycles. The van der Waals surface area contributed by atoms with Crippen molar-refractivity contribution in [1.82, 2.24) is 0 Å². The first-order valence-electron chi connectivity index (χ1n) is 7.63. The van der Waals surface area contributed by atoms with Crippen molar-refractivity contribution < 1.29 is 5.11 Å². The average Bonchev–Trinajstić information content (AvgIpc) is 2.39. The minimum absolute atomic E-state index is 0.117. The van der Waals surface area contributed by atoms with Gasteiger partial charge in [-0.2, -0.15) is 0 Å². The van der Waals surface area contributed by atoms with Gasteiger partial charge in [0.2, 0.25) is 0 Å². The van der Waals surface area contributed by atoms with E-state index >= 15 is 0 Å². The highest BCUT2D eigenvalue weighted by Gasteiger charge is 2.37. The van der Waals surface area contributed by atoms with Crippen LogP contribution in [0.4, 0.5) is 0 Å². The first kappa shape index (κ1) is 14.5. The van der Waals surface area contributed by atoms with Crippen molar-refractivity contribution in [3.05, 3.63) is 35.4 Å². The van der Waals surface area contributed by atoms with Crippen molar-refractivity contribution in [3.8, 4) is 0 Å². The maximum Gasteiger partial charge on any atom is 0.0858 e. The minimum Gasteiger partial charge on any atom is -0.388 e. The van der Waals surface area contributed by atoms with Crippen molar-refractivity contribution in [3.63, 3.8) is 0 Å². The molecular formula is C17H27NO. The van der Waals surface area contributed by atoms with Crippen LogP contribution in [-0.4, -0.2) is 11.7 Å². The van der Waals surface area contributed by atoms with Gasteiger partial charge in [0.1, 0.15) is 0 Å². The zero-order valence-electron chi connectivity index (χ0n) is 12.1. The van der Waals surface area contributed by atoms with Crippen molar-refractivity contribution >= 4 is 0 Å². The molecule has 0 bridgehead atoms. The van der Waals surface area contributed by atoms with Crippen molar-refractivity contribution in [1.29, 1.82) is 0 Å². The van der Waals surface area contributed by atoms with E-state index < -0.39 is 6.10 Å². The molecule has 1 unspecified atom stereocenters. The number of rotatable bonds is 3. The Morgan fingerprint density at radius 1 is 1.16 bits per heavy atom. The molecule has 0 heterocycles. The molecule has 1 fully saturated rings. The van der Waals surface area contributed by atoms with E-state index in [9.17, 15) is 5.11 Å². The SMILES string of the molecule is Cc1cccc(C(O)C2(CN)CCCCCCC2)c1. The summed E-state index contributed by atoms with van der Waals surface area (Å²) in [5.74, 6) is 0. The lowest BCUT2D eigenvalue weighted by Gasteiger charge is -2.39. The largest absolute Gasteiger partial charge is 0.388 e. The Morgan fingerprint density at radius 3 is 2.37 bits per heavy atom. The number of aliphatic hydroxyl groups excluding tert-OH is 1. The van der Waals surface area contributed by atoms with E-state index in [0.717, 1.165) is 18.4 Å². The molecule has 19 heavy (non-hydrogen) atoms. The van der Waals surface area contributed by atoms with Crippen LogP contribution in [0.15, 0.2) is 24.3 Å². The van der Waals surface area contributed by atoms with E-state index in [0.29, 0.717) is 6.54 Å². The maximum absolute atomic E-state index is 10.9. The molecule has 106 valence electrons. The zero-order chi connectivity index (χ0) is 13.7. The van der Waals surface area contributed by atoms with Crippen LogP contribution in [0.3, 0.4) is 0 Å². The lowest BCUT2D eigenvalue weighted by molar-refractivity contribution is 0.00845. The fourth-order valence-electron chi connectivity index (χ4n) is 3.39. The number of aryl methyl sites for hydroxylation is 1. The quantitative estimate of drug-likeness (QED) is 0.871.